The van der Waals surface area contributed by atoms with Crippen LogP contribution < -0.4 is 10.1 Å². The molecule has 0 saturated carbocycles. The van der Waals surface area contributed by atoms with E-state index < -0.39 is 18.2 Å². The molecule has 0 aromatic heterocycles. The van der Waals surface area contributed by atoms with Gasteiger partial charge in [0.15, 0.2) is 12.2 Å². The molecule has 1 heterocycles. The maximum atomic E-state index is 12.7. The fourth-order valence-electron chi connectivity index (χ4n) is 2.74. The normalized spacial score (nSPS) is 18.2. The van der Waals surface area contributed by atoms with Gasteiger partial charge in [-0.1, -0.05) is 38.1 Å². The molecule has 1 aliphatic rings. The number of fused-ring (bicyclic) bond motifs is 1. The molecule has 1 aliphatic heterocycles. The molecule has 3 unspecified atom stereocenters. The second kappa shape index (κ2) is 9.38. The Morgan fingerprint density at radius 3 is 2.77 bits per heavy atom. The number of ether oxygens (including phenoxy) is 3. The van der Waals surface area contributed by atoms with Gasteiger partial charge in [0.25, 0.3) is 5.91 Å². The van der Waals surface area contributed by atoms with Crippen LogP contribution in [-0.4, -0.2) is 37.3 Å². The SMILES string of the molecule is C=CCOC(C)C(=O)OC(C(=O)NC1CCOc2ccccc21)C(C)C. The Hall–Kier alpha value is -2.34. The van der Waals surface area contributed by atoms with Crippen molar-refractivity contribution in [2.24, 2.45) is 5.92 Å². The summed E-state index contributed by atoms with van der Waals surface area (Å²) < 4.78 is 16.3. The molecule has 1 aromatic rings. The van der Waals surface area contributed by atoms with Crippen LogP contribution in [-0.2, 0) is 19.1 Å². The monoisotopic (exact) mass is 361 g/mol. The maximum absolute atomic E-state index is 12.7. The van der Waals surface area contributed by atoms with E-state index in [1.165, 1.54) is 0 Å². The topological polar surface area (TPSA) is 73.9 Å². The fourth-order valence-corrected chi connectivity index (χ4v) is 2.74. The van der Waals surface area contributed by atoms with E-state index in [0.717, 1.165) is 11.3 Å². The van der Waals surface area contributed by atoms with Gasteiger partial charge in [-0.25, -0.2) is 4.79 Å². The average molecular weight is 361 g/mol. The molecule has 0 fully saturated rings. The summed E-state index contributed by atoms with van der Waals surface area (Å²) in [4.78, 5) is 24.9. The first-order valence-corrected chi connectivity index (χ1v) is 8.89. The molecule has 6 heteroatoms. The van der Waals surface area contributed by atoms with Crippen LogP contribution in [0.4, 0.5) is 0 Å². The van der Waals surface area contributed by atoms with Crippen LogP contribution in [0.3, 0.4) is 0 Å². The molecule has 0 saturated heterocycles. The predicted octanol–water partition coefficient (Wildman–Crippen LogP) is 2.79. The average Bonchev–Trinajstić information content (AvgIpc) is 2.63. The van der Waals surface area contributed by atoms with Crippen molar-refractivity contribution in [3.05, 3.63) is 42.5 Å². The Morgan fingerprint density at radius 2 is 2.08 bits per heavy atom. The molecular formula is C20H27NO5. The van der Waals surface area contributed by atoms with Crippen LogP contribution >= 0.6 is 0 Å². The Balaban J connectivity index is 2.03. The number of carbonyl (C=O) groups is 2. The number of nitrogens with one attached hydrogen (secondary N) is 1. The van der Waals surface area contributed by atoms with Crippen molar-refractivity contribution in [3.8, 4) is 5.75 Å². The minimum absolute atomic E-state index is 0.165. The smallest absolute Gasteiger partial charge is 0.335 e. The highest BCUT2D eigenvalue weighted by Gasteiger charge is 2.31. The van der Waals surface area contributed by atoms with Gasteiger partial charge in [0.05, 0.1) is 19.3 Å². The Kier molecular flexibility index (Phi) is 7.21. The first-order valence-electron chi connectivity index (χ1n) is 8.89. The summed E-state index contributed by atoms with van der Waals surface area (Å²) >= 11 is 0. The van der Waals surface area contributed by atoms with Crippen LogP contribution in [0.15, 0.2) is 36.9 Å². The Morgan fingerprint density at radius 1 is 1.35 bits per heavy atom. The van der Waals surface area contributed by atoms with Crippen LogP contribution in [0.2, 0.25) is 0 Å². The van der Waals surface area contributed by atoms with Crippen molar-refractivity contribution in [3.63, 3.8) is 0 Å². The van der Waals surface area contributed by atoms with Gasteiger partial charge >= 0.3 is 5.97 Å². The molecule has 142 valence electrons. The second-order valence-corrected chi connectivity index (χ2v) is 6.60. The van der Waals surface area contributed by atoms with Gasteiger partial charge in [-0.15, -0.1) is 6.58 Å². The molecule has 6 nitrogen and oxygen atoms in total. The second-order valence-electron chi connectivity index (χ2n) is 6.60. The molecule has 0 radical (unpaired) electrons. The van der Waals surface area contributed by atoms with E-state index >= 15 is 0 Å². The molecule has 26 heavy (non-hydrogen) atoms. The van der Waals surface area contributed by atoms with Crippen LogP contribution in [0, 0.1) is 5.92 Å². The number of benzene rings is 1. The summed E-state index contributed by atoms with van der Waals surface area (Å²) in [6.07, 6.45) is 0.581. The summed E-state index contributed by atoms with van der Waals surface area (Å²) in [6, 6.07) is 7.45. The van der Waals surface area contributed by atoms with E-state index in [1.54, 1.807) is 13.0 Å². The quantitative estimate of drug-likeness (QED) is 0.569. The lowest BCUT2D eigenvalue weighted by Gasteiger charge is -2.29. The lowest BCUT2D eigenvalue weighted by atomic mass is 9.99. The predicted molar refractivity (Wildman–Crippen MR) is 97.8 cm³/mol. The largest absolute Gasteiger partial charge is 0.493 e. The Bertz CT molecular complexity index is 643. The summed E-state index contributed by atoms with van der Waals surface area (Å²) in [7, 11) is 0. The number of esters is 1. The number of rotatable bonds is 8. The number of carbonyl (C=O) groups excluding carboxylic acids is 2. The summed E-state index contributed by atoms with van der Waals surface area (Å²) in [5.74, 6) is -0.270. The van der Waals surface area contributed by atoms with Crippen molar-refractivity contribution in [2.45, 2.75) is 45.4 Å². The molecule has 2 rings (SSSR count). The first-order chi connectivity index (χ1) is 12.4. The number of amides is 1. The minimum Gasteiger partial charge on any atom is -0.493 e. The molecule has 0 spiro atoms. The molecule has 1 N–H and O–H groups in total. The van der Waals surface area contributed by atoms with Gasteiger partial charge in [-0.05, 0) is 18.9 Å². The van der Waals surface area contributed by atoms with Gasteiger partial charge in [-0.2, -0.15) is 0 Å². The third kappa shape index (κ3) is 5.08. The number of para-hydroxylation sites is 1. The van der Waals surface area contributed by atoms with E-state index in [-0.39, 0.29) is 24.5 Å². The lowest BCUT2D eigenvalue weighted by molar-refractivity contribution is -0.168. The third-order valence-electron chi connectivity index (χ3n) is 4.18. The highest BCUT2D eigenvalue weighted by atomic mass is 16.6. The van der Waals surface area contributed by atoms with E-state index in [0.29, 0.717) is 13.0 Å². The standard InChI is InChI=1S/C20H27NO5/c1-5-11-24-14(4)20(23)26-18(13(2)3)19(22)21-16-10-12-25-17-9-7-6-8-15(16)17/h5-9,13-14,16,18H,1,10-12H2,2-4H3,(H,21,22). The maximum Gasteiger partial charge on any atom is 0.335 e. The van der Waals surface area contributed by atoms with E-state index in [4.69, 9.17) is 14.2 Å². The highest BCUT2D eigenvalue weighted by Crippen LogP contribution is 2.31. The molecule has 3 atom stereocenters. The zero-order valence-corrected chi connectivity index (χ0v) is 15.6. The van der Waals surface area contributed by atoms with Gasteiger partial charge in [-0.3, -0.25) is 4.79 Å². The number of hydrogen-bond acceptors (Lipinski definition) is 5. The van der Waals surface area contributed by atoms with Gasteiger partial charge in [0, 0.05) is 12.0 Å². The zero-order valence-electron chi connectivity index (χ0n) is 15.6. The lowest BCUT2D eigenvalue weighted by Crippen LogP contribution is -2.44. The van der Waals surface area contributed by atoms with Gasteiger partial charge < -0.3 is 19.5 Å². The molecule has 1 amide bonds. The Labute approximate surface area is 154 Å². The number of hydrogen-bond donors (Lipinski definition) is 1. The molecule has 0 aliphatic carbocycles. The van der Waals surface area contributed by atoms with E-state index in [2.05, 4.69) is 11.9 Å². The van der Waals surface area contributed by atoms with Crippen molar-refractivity contribution < 1.29 is 23.8 Å². The summed E-state index contributed by atoms with van der Waals surface area (Å²) in [6.45, 7) is 9.58. The molecule has 0 bridgehead atoms. The van der Waals surface area contributed by atoms with Crippen LogP contribution in [0.25, 0.3) is 0 Å². The fraction of sp³-hybridized carbons (Fsp3) is 0.500. The minimum atomic E-state index is -0.882. The van der Waals surface area contributed by atoms with Crippen molar-refractivity contribution in [1.82, 2.24) is 5.32 Å². The highest BCUT2D eigenvalue weighted by molar-refractivity contribution is 5.85. The van der Waals surface area contributed by atoms with E-state index in [9.17, 15) is 9.59 Å². The van der Waals surface area contributed by atoms with Crippen molar-refractivity contribution in [2.75, 3.05) is 13.2 Å². The van der Waals surface area contributed by atoms with Crippen molar-refractivity contribution >= 4 is 11.9 Å². The molecular weight excluding hydrogens is 334 g/mol. The van der Waals surface area contributed by atoms with E-state index in [1.807, 2.05) is 38.1 Å². The third-order valence-corrected chi connectivity index (χ3v) is 4.18. The van der Waals surface area contributed by atoms with Crippen LogP contribution in [0.1, 0.15) is 38.8 Å². The first kappa shape index (κ1) is 20.0. The van der Waals surface area contributed by atoms with Crippen LogP contribution in [0.5, 0.6) is 5.75 Å². The summed E-state index contributed by atoms with van der Waals surface area (Å²) in [5, 5.41) is 2.99. The van der Waals surface area contributed by atoms with Gasteiger partial charge in [0.1, 0.15) is 5.75 Å². The zero-order chi connectivity index (χ0) is 19.1. The molecule has 1 aromatic carbocycles. The van der Waals surface area contributed by atoms with Gasteiger partial charge in [0.2, 0.25) is 0 Å². The summed E-state index contributed by atoms with van der Waals surface area (Å²) in [5.41, 5.74) is 0.934. The van der Waals surface area contributed by atoms with Crippen molar-refractivity contribution in [1.29, 1.82) is 0 Å².